The molecule has 4 atom stereocenters. The number of urea groups is 1. The minimum atomic E-state index is -1.41. The van der Waals surface area contributed by atoms with Crippen molar-refractivity contribution in [3.63, 3.8) is 0 Å². The van der Waals surface area contributed by atoms with Crippen LogP contribution in [0.4, 0.5) is 4.79 Å². The maximum atomic E-state index is 12.7. The summed E-state index contributed by atoms with van der Waals surface area (Å²) in [6, 6.07) is 1.72. The highest BCUT2D eigenvalue weighted by molar-refractivity contribution is 7.48. The second-order valence-corrected chi connectivity index (χ2v) is 11.3. The molecule has 1 aliphatic rings. The average molecular weight is 581 g/mol. The van der Waals surface area contributed by atoms with Gasteiger partial charge < -0.3 is 34.5 Å². The van der Waals surface area contributed by atoms with Crippen LogP contribution in [-0.4, -0.2) is 77.0 Å². The molecule has 0 spiro atoms. The number of nitrogens with one attached hydrogen (secondary N) is 3. The molecule has 3 rings (SSSR count). The third kappa shape index (κ3) is 8.00. The number of carbonyl (C=O) groups excluding carboxylic acids is 1. The molecule has 0 bridgehead atoms. The summed E-state index contributed by atoms with van der Waals surface area (Å²) in [6.07, 6.45) is 0.0485. The Balaban J connectivity index is 0.00000301. The van der Waals surface area contributed by atoms with E-state index in [9.17, 15) is 9.59 Å². The Labute approximate surface area is 238 Å². The van der Waals surface area contributed by atoms with E-state index in [1.165, 1.54) is 25.5 Å². The van der Waals surface area contributed by atoms with Crippen molar-refractivity contribution in [2.45, 2.75) is 72.0 Å². The van der Waals surface area contributed by atoms with E-state index < -0.39 is 32.4 Å². The van der Waals surface area contributed by atoms with Crippen LogP contribution in [0.25, 0.3) is 11.0 Å². The SMILES string of the molecule is [2H]OCC1OC(n2nc(C#CCNC(=O)NC)c3c(=O)[nH]cnc32)CC1OP(OCCC#N)C(C(C)C)C(C)C.[3H]C. The second kappa shape index (κ2) is 15.7. The summed E-state index contributed by atoms with van der Waals surface area (Å²) in [5, 5.41) is 23.4. The molecule has 13 nitrogen and oxygen atoms in total. The van der Waals surface area contributed by atoms with Gasteiger partial charge in [-0.25, -0.2) is 14.5 Å². The Morgan fingerprint density at radius 1 is 1.48 bits per heavy atom. The van der Waals surface area contributed by atoms with Crippen LogP contribution < -0.4 is 16.2 Å². The molecule has 14 heteroatoms. The van der Waals surface area contributed by atoms with Gasteiger partial charge in [0, 0.05) is 20.5 Å². The van der Waals surface area contributed by atoms with Crippen LogP contribution in [0.1, 0.15) is 61.2 Å². The topological polar surface area (TPSA) is 176 Å². The first kappa shape index (κ1) is 29.9. The van der Waals surface area contributed by atoms with Crippen molar-refractivity contribution in [1.29, 1.82) is 6.69 Å². The highest BCUT2D eigenvalue weighted by atomic mass is 31.2. The molecule has 4 unspecified atom stereocenters. The summed E-state index contributed by atoms with van der Waals surface area (Å²) in [4.78, 5) is 30.9. The first-order chi connectivity index (χ1) is 20.2. The fourth-order valence-corrected chi connectivity index (χ4v) is 6.59. The van der Waals surface area contributed by atoms with E-state index in [2.05, 4.69) is 76.4 Å². The normalized spacial score (nSPS) is 19.8. The number of aromatic amines is 1. The maximum absolute atomic E-state index is 12.7. The molecule has 4 N–H and O–H groups in total. The van der Waals surface area contributed by atoms with Gasteiger partial charge in [0.1, 0.15) is 11.5 Å². The van der Waals surface area contributed by atoms with Gasteiger partial charge in [0.05, 0.1) is 44.7 Å². The number of aromatic nitrogens is 4. The molecular weight excluding hydrogens is 537 g/mol. The highest BCUT2D eigenvalue weighted by Gasteiger charge is 2.42. The Bertz CT molecular complexity index is 1300. The number of carbonyl (C=O) groups is 1. The van der Waals surface area contributed by atoms with Gasteiger partial charge in [-0.1, -0.05) is 41.0 Å². The van der Waals surface area contributed by atoms with E-state index >= 15 is 0 Å². The van der Waals surface area contributed by atoms with Crippen LogP contribution in [0.5, 0.6) is 0 Å². The van der Waals surface area contributed by atoms with E-state index in [1.54, 1.807) is 0 Å². The fraction of sp³-hybridized carbons (Fsp3) is 0.654. The molecule has 0 aliphatic carbocycles. The third-order valence-corrected chi connectivity index (χ3v) is 8.76. The molecule has 40 heavy (non-hydrogen) atoms. The number of H-pyrrole nitrogens is 1. The van der Waals surface area contributed by atoms with E-state index in [1.807, 2.05) is 0 Å². The van der Waals surface area contributed by atoms with Crippen LogP contribution in [0, 0.1) is 35.0 Å². The van der Waals surface area contributed by atoms with E-state index in [0.717, 1.165) is 0 Å². The van der Waals surface area contributed by atoms with Crippen LogP contribution in [0.2, 0.25) is 0 Å². The summed E-state index contributed by atoms with van der Waals surface area (Å²) in [5.74, 6) is 6.15. The first-order valence-electron chi connectivity index (χ1n) is 14.2. The lowest BCUT2D eigenvalue weighted by Crippen LogP contribution is -2.32. The molecule has 0 radical (unpaired) electrons. The van der Waals surface area contributed by atoms with Gasteiger partial charge in [-0.2, -0.15) is 10.4 Å². The minimum absolute atomic E-state index is 0.0488. The number of aliphatic hydroxyl groups is 1. The molecule has 2 amide bonds. The van der Waals surface area contributed by atoms with Gasteiger partial charge in [0.25, 0.3) is 5.56 Å². The third-order valence-electron chi connectivity index (χ3n) is 6.16. The van der Waals surface area contributed by atoms with Crippen molar-refractivity contribution in [2.24, 2.45) is 11.8 Å². The standard InChI is InChI=1S/C25H36N7O6P.CH4/c1-15(2)22(16(3)4)39(36-11-7-9-26)38-18-12-20(37-19(18)13-33)32-23-21(24(34)30-14-29-23)17(31-32)8-6-10-28-25(35)27-5;/h14-16,18-20,22,33H,7,10-13H2,1-5H3,(H2,27,28,35)(H,29,30,34);1H4/i33D;1T. The molecule has 2 aromatic rings. The molecule has 2 aromatic heterocycles. The van der Waals surface area contributed by atoms with Crippen molar-refractivity contribution >= 4 is 25.4 Å². The molecule has 3 heterocycles. The Morgan fingerprint density at radius 3 is 2.88 bits per heavy atom. The first-order valence-corrected chi connectivity index (χ1v) is 14.1. The van der Waals surface area contributed by atoms with Crippen LogP contribution in [-0.2, 0) is 13.8 Å². The Kier molecular flexibility index (Phi) is 11.7. The van der Waals surface area contributed by atoms with Gasteiger partial charge in [0.2, 0.25) is 1.43 Å². The van der Waals surface area contributed by atoms with Gasteiger partial charge >= 0.3 is 6.03 Å². The zero-order valence-electron chi connectivity index (χ0n) is 25.8. The summed E-state index contributed by atoms with van der Waals surface area (Å²) >= 11 is 0. The predicted octanol–water partition coefficient (Wildman–Crippen LogP) is 2.62. The molecule has 1 fully saturated rings. The van der Waals surface area contributed by atoms with Crippen molar-refractivity contribution in [3.8, 4) is 17.9 Å². The van der Waals surface area contributed by atoms with Gasteiger partial charge in [-0.3, -0.25) is 4.79 Å². The van der Waals surface area contributed by atoms with Crippen LogP contribution >= 0.6 is 8.38 Å². The summed E-state index contributed by atoms with van der Waals surface area (Å²) in [5.41, 5.74) is 0.147. The fourth-order valence-electron chi connectivity index (χ4n) is 4.48. The molecule has 0 saturated carbocycles. The van der Waals surface area contributed by atoms with Crippen molar-refractivity contribution in [1.82, 2.24) is 30.4 Å². The van der Waals surface area contributed by atoms with E-state index in [-0.39, 0.29) is 66.4 Å². The Hall–Kier alpha value is -3.06. The molecule has 220 valence electrons. The lowest BCUT2D eigenvalue weighted by molar-refractivity contribution is -0.0439. The summed E-state index contributed by atoms with van der Waals surface area (Å²) in [6.45, 7) is 8.70. The van der Waals surface area contributed by atoms with Gasteiger partial charge in [-0.05, 0) is 17.8 Å². The van der Waals surface area contributed by atoms with Crippen LogP contribution in [0.15, 0.2) is 11.1 Å². The minimum Gasteiger partial charge on any atom is -0.394 e. The van der Waals surface area contributed by atoms with E-state index in [4.69, 9.17) is 21.8 Å². The molecular formula is C26H40N7O6P. The number of hydrogen-bond donors (Lipinski definition) is 4. The van der Waals surface area contributed by atoms with Crippen molar-refractivity contribution in [2.75, 3.05) is 26.8 Å². The Morgan fingerprint density at radius 2 is 2.23 bits per heavy atom. The quantitative estimate of drug-likeness (QED) is 0.167. The maximum Gasteiger partial charge on any atom is 0.315 e. The largest absolute Gasteiger partial charge is 0.394 e. The highest BCUT2D eigenvalue weighted by Crippen LogP contribution is 2.53. The molecule has 0 aromatic carbocycles. The molecule has 1 aliphatic heterocycles. The zero-order valence-corrected chi connectivity index (χ0v) is 24.7. The van der Waals surface area contributed by atoms with Gasteiger partial charge in [-0.15, -0.1) is 0 Å². The zero-order chi connectivity index (χ0) is 31.2. The van der Waals surface area contributed by atoms with Gasteiger partial charge in [0.15, 0.2) is 25.9 Å². The lowest BCUT2D eigenvalue weighted by atomic mass is 10.00. The monoisotopic (exact) mass is 580 g/mol. The number of amides is 2. The summed E-state index contributed by atoms with van der Waals surface area (Å²) in [7, 11) is 1.33. The smallest absolute Gasteiger partial charge is 0.315 e. The predicted molar refractivity (Wildman–Crippen MR) is 151 cm³/mol. The average Bonchev–Trinajstić information content (AvgIpc) is 3.53. The van der Waals surface area contributed by atoms with E-state index in [0.29, 0.717) is 6.42 Å². The van der Waals surface area contributed by atoms with Crippen molar-refractivity contribution in [3.05, 3.63) is 22.4 Å². The van der Waals surface area contributed by atoms with Crippen LogP contribution in [0.3, 0.4) is 0 Å². The number of nitrogens with zero attached hydrogens (tertiary/aromatic N) is 4. The number of nitriles is 1. The van der Waals surface area contributed by atoms with Crippen molar-refractivity contribution < 1.29 is 25.1 Å². The number of hydrogen-bond acceptors (Lipinski definition) is 9. The summed E-state index contributed by atoms with van der Waals surface area (Å²) < 4.78 is 33.5. The number of aliphatic hydroxyl groups excluding tert-OH is 1. The molecule has 1 saturated heterocycles. The lowest BCUT2D eigenvalue weighted by Gasteiger charge is -2.34. The number of fused-ring (bicyclic) bond motifs is 1. The second-order valence-electron chi connectivity index (χ2n) is 9.64. The number of ether oxygens (including phenoxy) is 1. The number of rotatable bonds is 12.